The van der Waals surface area contributed by atoms with E-state index in [9.17, 15) is 14.0 Å². The molecule has 0 N–H and O–H groups in total. The van der Waals surface area contributed by atoms with E-state index < -0.39 is 17.7 Å². The van der Waals surface area contributed by atoms with Gasteiger partial charge in [-0.2, -0.15) is 0 Å². The van der Waals surface area contributed by atoms with Gasteiger partial charge in [0.25, 0.3) is 0 Å². The average Bonchev–Trinajstić information content (AvgIpc) is 2.66. The minimum absolute atomic E-state index is 0.218. The summed E-state index contributed by atoms with van der Waals surface area (Å²) in [5.74, 6) is -0.777. The molecule has 2 aromatic carbocycles. The molecule has 0 amide bonds. The van der Waals surface area contributed by atoms with Gasteiger partial charge in [0.2, 0.25) is 0 Å². The predicted octanol–water partition coefficient (Wildman–Crippen LogP) is 5.10. The highest BCUT2D eigenvalue weighted by Crippen LogP contribution is 2.39. The first-order chi connectivity index (χ1) is 13.6. The van der Waals surface area contributed by atoms with Gasteiger partial charge in [0, 0.05) is 6.92 Å². The molecule has 1 aliphatic rings. The number of carbonyl (C=O) groups is 2. The molecular formula is C24H25FO4. The molecule has 0 aliphatic carbocycles. The lowest BCUT2D eigenvalue weighted by Gasteiger charge is -2.36. The van der Waals surface area contributed by atoms with Gasteiger partial charge in [0.15, 0.2) is 11.5 Å². The van der Waals surface area contributed by atoms with Gasteiger partial charge < -0.3 is 9.47 Å². The van der Waals surface area contributed by atoms with Gasteiger partial charge in [-0.15, -0.1) is 0 Å². The van der Waals surface area contributed by atoms with E-state index in [0.717, 1.165) is 22.3 Å². The Balaban J connectivity index is 2.20. The van der Waals surface area contributed by atoms with Crippen molar-refractivity contribution in [2.24, 2.45) is 0 Å². The topological polar surface area (TPSA) is 52.6 Å². The summed E-state index contributed by atoms with van der Waals surface area (Å²) >= 11 is 0. The van der Waals surface area contributed by atoms with Crippen LogP contribution in [0.1, 0.15) is 45.7 Å². The zero-order chi connectivity index (χ0) is 21.3. The van der Waals surface area contributed by atoms with Crippen molar-refractivity contribution >= 4 is 17.3 Å². The Labute approximate surface area is 170 Å². The van der Waals surface area contributed by atoms with Crippen LogP contribution in [-0.2, 0) is 25.5 Å². The maximum absolute atomic E-state index is 13.3. The maximum Gasteiger partial charge on any atom is 0.307 e. The fourth-order valence-corrected chi connectivity index (χ4v) is 3.69. The molecule has 5 heteroatoms. The second-order valence-corrected chi connectivity index (χ2v) is 7.66. The maximum atomic E-state index is 13.3. The molecule has 2 aromatic rings. The first kappa shape index (κ1) is 20.9. The predicted molar refractivity (Wildman–Crippen MR) is 110 cm³/mol. The highest BCUT2D eigenvalue weighted by molar-refractivity contribution is 6.24. The Bertz CT molecular complexity index is 986. The second kappa shape index (κ2) is 7.91. The molecule has 0 aromatic heterocycles. The van der Waals surface area contributed by atoms with Crippen LogP contribution in [0.2, 0.25) is 0 Å². The molecule has 152 valence electrons. The van der Waals surface area contributed by atoms with Crippen molar-refractivity contribution in [3.63, 3.8) is 0 Å². The van der Waals surface area contributed by atoms with E-state index in [-0.39, 0.29) is 17.4 Å². The van der Waals surface area contributed by atoms with E-state index in [1.807, 2.05) is 25.1 Å². The number of Topliss-reactive ketones (excluding diaryl/α,β-unsaturated/α-hetero) is 1. The Kier molecular flexibility index (Phi) is 5.71. The smallest absolute Gasteiger partial charge is 0.307 e. The first-order valence-electron chi connectivity index (χ1n) is 9.68. The Morgan fingerprint density at radius 2 is 1.76 bits per heavy atom. The summed E-state index contributed by atoms with van der Waals surface area (Å²) in [6, 6.07) is 12.0. The van der Waals surface area contributed by atoms with Crippen LogP contribution >= 0.6 is 0 Å². The lowest BCUT2D eigenvalue weighted by atomic mass is 9.85. The number of benzene rings is 2. The summed E-state index contributed by atoms with van der Waals surface area (Å²) in [5.41, 5.74) is 2.93. The summed E-state index contributed by atoms with van der Waals surface area (Å²) in [6.45, 7) is 8.58. The molecule has 0 radical (unpaired) electrons. The van der Waals surface area contributed by atoms with Crippen LogP contribution in [0.4, 0.5) is 4.39 Å². The minimum atomic E-state index is -0.922. The third kappa shape index (κ3) is 4.15. The van der Waals surface area contributed by atoms with E-state index in [1.165, 1.54) is 19.1 Å². The number of ether oxygens (including phenoxy) is 2. The largest absolute Gasteiger partial charge is 0.427 e. The number of aryl methyl sites for hydroxylation is 1. The molecular weight excluding hydrogens is 371 g/mol. The number of hydrogen-bond acceptors (Lipinski definition) is 4. The normalized spacial score (nSPS) is 18.7. The molecule has 1 aliphatic heterocycles. The molecule has 4 nitrogen and oxygen atoms in total. The first-order valence-corrected chi connectivity index (χ1v) is 9.68. The molecule has 3 rings (SSSR count). The van der Waals surface area contributed by atoms with Crippen LogP contribution in [-0.4, -0.2) is 23.5 Å². The standard InChI is InChI=1S/C24H25FO4/c1-6-16-13-18(17-7-10-19(25)11-8-17)9-12-20(16)21-22(27)14(2)29-24(4,5)23(21)28-15(3)26/h7-14H,6H2,1-5H3. The van der Waals surface area contributed by atoms with E-state index in [1.54, 1.807) is 32.9 Å². The Morgan fingerprint density at radius 3 is 2.34 bits per heavy atom. The Morgan fingerprint density at radius 1 is 1.14 bits per heavy atom. The van der Waals surface area contributed by atoms with Crippen molar-refractivity contribution in [2.45, 2.75) is 52.7 Å². The van der Waals surface area contributed by atoms with Gasteiger partial charge in [-0.3, -0.25) is 9.59 Å². The lowest BCUT2D eigenvalue weighted by Crippen LogP contribution is -2.43. The summed E-state index contributed by atoms with van der Waals surface area (Å²) in [7, 11) is 0. The zero-order valence-corrected chi connectivity index (χ0v) is 17.3. The summed E-state index contributed by atoms with van der Waals surface area (Å²) < 4.78 is 24.5. The number of halogens is 1. The van der Waals surface area contributed by atoms with Crippen molar-refractivity contribution in [2.75, 3.05) is 0 Å². The fourth-order valence-electron chi connectivity index (χ4n) is 3.69. The molecule has 0 spiro atoms. The number of esters is 1. The summed E-state index contributed by atoms with van der Waals surface area (Å²) in [6.07, 6.45) is 0.0188. The van der Waals surface area contributed by atoms with Crippen molar-refractivity contribution in [1.29, 1.82) is 0 Å². The molecule has 0 bridgehead atoms. The monoisotopic (exact) mass is 396 g/mol. The van der Waals surface area contributed by atoms with Crippen molar-refractivity contribution in [1.82, 2.24) is 0 Å². The molecule has 29 heavy (non-hydrogen) atoms. The van der Waals surface area contributed by atoms with Crippen LogP contribution < -0.4 is 0 Å². The Hall–Kier alpha value is -2.79. The van der Waals surface area contributed by atoms with E-state index in [4.69, 9.17) is 9.47 Å². The van der Waals surface area contributed by atoms with Gasteiger partial charge >= 0.3 is 5.97 Å². The molecule has 1 heterocycles. The SMILES string of the molecule is CCc1cc(-c2ccc(F)cc2)ccc1C1=C(OC(C)=O)C(C)(C)OC(C)C1=O. The number of carbonyl (C=O) groups excluding carboxylic acids is 2. The highest BCUT2D eigenvalue weighted by atomic mass is 19.1. The number of hydrogen-bond donors (Lipinski definition) is 0. The van der Waals surface area contributed by atoms with Crippen molar-refractivity contribution in [3.8, 4) is 11.1 Å². The molecule has 1 unspecified atom stereocenters. The lowest BCUT2D eigenvalue weighted by molar-refractivity contribution is -0.149. The van der Waals surface area contributed by atoms with Crippen LogP contribution in [0.15, 0.2) is 48.2 Å². The average molecular weight is 396 g/mol. The van der Waals surface area contributed by atoms with Crippen LogP contribution in [0.3, 0.4) is 0 Å². The van der Waals surface area contributed by atoms with E-state index in [0.29, 0.717) is 12.0 Å². The zero-order valence-electron chi connectivity index (χ0n) is 17.3. The minimum Gasteiger partial charge on any atom is -0.427 e. The van der Waals surface area contributed by atoms with Gasteiger partial charge in [-0.05, 0) is 61.6 Å². The molecule has 0 saturated carbocycles. The summed E-state index contributed by atoms with van der Waals surface area (Å²) in [5, 5.41) is 0. The molecule has 0 saturated heterocycles. The fraction of sp³-hybridized carbons (Fsp3) is 0.333. The number of rotatable bonds is 4. The molecule has 1 atom stereocenters. The van der Waals surface area contributed by atoms with Crippen molar-refractivity contribution in [3.05, 3.63) is 65.2 Å². The van der Waals surface area contributed by atoms with Gasteiger partial charge in [0.1, 0.15) is 17.5 Å². The van der Waals surface area contributed by atoms with Gasteiger partial charge in [-0.25, -0.2) is 4.39 Å². The van der Waals surface area contributed by atoms with E-state index in [2.05, 4.69) is 0 Å². The third-order valence-corrected chi connectivity index (χ3v) is 5.04. The quantitative estimate of drug-likeness (QED) is 0.675. The number of ketones is 1. The third-order valence-electron chi connectivity index (χ3n) is 5.04. The van der Waals surface area contributed by atoms with Crippen LogP contribution in [0, 0.1) is 5.82 Å². The summed E-state index contributed by atoms with van der Waals surface area (Å²) in [4.78, 5) is 24.8. The second-order valence-electron chi connectivity index (χ2n) is 7.66. The van der Waals surface area contributed by atoms with E-state index >= 15 is 0 Å². The van der Waals surface area contributed by atoms with Crippen LogP contribution in [0.5, 0.6) is 0 Å². The van der Waals surface area contributed by atoms with Gasteiger partial charge in [0.05, 0.1) is 5.57 Å². The molecule has 0 fully saturated rings. The van der Waals surface area contributed by atoms with Crippen LogP contribution in [0.25, 0.3) is 16.7 Å². The van der Waals surface area contributed by atoms with Crippen molar-refractivity contribution < 1.29 is 23.5 Å². The van der Waals surface area contributed by atoms with Gasteiger partial charge in [-0.1, -0.05) is 37.3 Å². The highest BCUT2D eigenvalue weighted by Gasteiger charge is 2.42.